The molecule has 6 heteroatoms. The normalized spacial score (nSPS) is 18.4. The number of ether oxygens (including phenoxy) is 2. The Balaban J connectivity index is 2.16. The molecule has 0 aromatic heterocycles. The quantitative estimate of drug-likeness (QED) is 0.845. The summed E-state index contributed by atoms with van der Waals surface area (Å²) in [5.41, 5.74) is 0.409. The van der Waals surface area contributed by atoms with E-state index >= 15 is 0 Å². The standard InChI is InChI=1S/C20H30N2O4/c1-13(2)18(20(24)22-8-6-7-14(3)12-22)21-19(23)15-9-16(25-4)11-17(10-15)26-5/h9-11,13-14,18H,6-8,12H2,1-5H3,(H,21,23)/t14-,18-/m0/s1. The van der Waals surface area contributed by atoms with Gasteiger partial charge < -0.3 is 19.7 Å². The molecule has 2 amide bonds. The maximum Gasteiger partial charge on any atom is 0.252 e. The van der Waals surface area contributed by atoms with Crippen molar-refractivity contribution >= 4 is 11.8 Å². The van der Waals surface area contributed by atoms with Gasteiger partial charge in [0.2, 0.25) is 5.91 Å². The third kappa shape index (κ3) is 4.90. The van der Waals surface area contributed by atoms with Crippen molar-refractivity contribution in [1.29, 1.82) is 0 Å². The van der Waals surface area contributed by atoms with Gasteiger partial charge in [0.25, 0.3) is 5.91 Å². The number of amides is 2. The summed E-state index contributed by atoms with van der Waals surface area (Å²) in [6.45, 7) is 7.57. The molecule has 26 heavy (non-hydrogen) atoms. The van der Waals surface area contributed by atoms with Crippen molar-refractivity contribution in [2.45, 2.75) is 39.7 Å². The van der Waals surface area contributed by atoms with Gasteiger partial charge in [0.15, 0.2) is 0 Å². The number of benzene rings is 1. The molecule has 1 aliphatic rings. The second-order valence-electron chi connectivity index (χ2n) is 7.33. The molecule has 0 radical (unpaired) electrons. The van der Waals surface area contributed by atoms with Crippen LogP contribution < -0.4 is 14.8 Å². The topological polar surface area (TPSA) is 67.9 Å². The van der Waals surface area contributed by atoms with Crippen molar-refractivity contribution in [1.82, 2.24) is 10.2 Å². The SMILES string of the molecule is COc1cc(OC)cc(C(=O)N[C@H](C(=O)N2CCC[C@H](C)C2)C(C)C)c1. The largest absolute Gasteiger partial charge is 0.497 e. The molecule has 144 valence electrons. The number of hydrogen-bond donors (Lipinski definition) is 1. The summed E-state index contributed by atoms with van der Waals surface area (Å²) in [4.78, 5) is 27.6. The van der Waals surface area contributed by atoms with Crippen LogP contribution >= 0.6 is 0 Å². The van der Waals surface area contributed by atoms with Crippen molar-refractivity contribution in [2.24, 2.45) is 11.8 Å². The van der Waals surface area contributed by atoms with E-state index in [9.17, 15) is 9.59 Å². The zero-order valence-corrected chi connectivity index (χ0v) is 16.4. The Kier molecular flexibility index (Phi) is 6.89. The molecular formula is C20H30N2O4. The lowest BCUT2D eigenvalue weighted by Crippen LogP contribution is -2.53. The van der Waals surface area contributed by atoms with Gasteiger partial charge in [0.05, 0.1) is 14.2 Å². The highest BCUT2D eigenvalue weighted by molar-refractivity contribution is 5.98. The first kappa shape index (κ1) is 20.1. The number of carbonyl (C=O) groups excluding carboxylic acids is 2. The summed E-state index contributed by atoms with van der Waals surface area (Å²) >= 11 is 0. The molecule has 1 aromatic rings. The van der Waals surface area contributed by atoms with Gasteiger partial charge in [-0.15, -0.1) is 0 Å². The van der Waals surface area contributed by atoms with E-state index in [0.29, 0.717) is 23.0 Å². The molecule has 1 aromatic carbocycles. The molecule has 1 aliphatic heterocycles. The molecule has 0 saturated carbocycles. The Morgan fingerprint density at radius 2 is 1.77 bits per heavy atom. The molecule has 0 spiro atoms. The zero-order valence-electron chi connectivity index (χ0n) is 16.4. The first-order valence-corrected chi connectivity index (χ1v) is 9.18. The Morgan fingerprint density at radius 3 is 2.27 bits per heavy atom. The fourth-order valence-corrected chi connectivity index (χ4v) is 3.26. The number of rotatable bonds is 6. The number of nitrogens with one attached hydrogen (secondary N) is 1. The summed E-state index contributed by atoms with van der Waals surface area (Å²) in [7, 11) is 3.07. The van der Waals surface area contributed by atoms with Crippen LogP contribution in [0.5, 0.6) is 11.5 Å². The molecule has 0 unspecified atom stereocenters. The maximum atomic E-state index is 13.0. The first-order chi connectivity index (χ1) is 12.3. The molecule has 1 saturated heterocycles. The van der Waals surface area contributed by atoms with Crippen LogP contribution in [0, 0.1) is 11.8 Å². The predicted molar refractivity (Wildman–Crippen MR) is 101 cm³/mol. The van der Waals surface area contributed by atoms with Crippen molar-refractivity contribution < 1.29 is 19.1 Å². The Labute approximate surface area is 155 Å². The molecular weight excluding hydrogens is 332 g/mol. The van der Waals surface area contributed by atoms with Gasteiger partial charge in [-0.25, -0.2) is 0 Å². The van der Waals surface area contributed by atoms with Crippen LogP contribution in [0.3, 0.4) is 0 Å². The number of likely N-dealkylation sites (tertiary alicyclic amines) is 1. The summed E-state index contributed by atoms with van der Waals surface area (Å²) in [5.74, 6) is 1.25. The van der Waals surface area contributed by atoms with E-state index in [-0.39, 0.29) is 17.7 Å². The van der Waals surface area contributed by atoms with Crippen molar-refractivity contribution in [3.8, 4) is 11.5 Å². The number of piperidine rings is 1. The first-order valence-electron chi connectivity index (χ1n) is 9.18. The third-order valence-electron chi connectivity index (χ3n) is 4.80. The Bertz CT molecular complexity index is 622. The minimum Gasteiger partial charge on any atom is -0.497 e. The zero-order chi connectivity index (χ0) is 19.3. The number of methoxy groups -OCH3 is 2. The van der Waals surface area contributed by atoms with Crippen LogP contribution in [0.4, 0.5) is 0 Å². The minimum absolute atomic E-state index is 0.00353. The summed E-state index contributed by atoms with van der Waals surface area (Å²) in [6.07, 6.45) is 2.16. The predicted octanol–water partition coefficient (Wildman–Crippen LogP) is 2.72. The van der Waals surface area contributed by atoms with Crippen LogP contribution in [-0.2, 0) is 4.79 Å². The highest BCUT2D eigenvalue weighted by Crippen LogP contribution is 2.23. The lowest BCUT2D eigenvalue weighted by atomic mass is 9.97. The smallest absolute Gasteiger partial charge is 0.252 e. The van der Waals surface area contributed by atoms with E-state index in [0.717, 1.165) is 25.9 Å². The van der Waals surface area contributed by atoms with Crippen LogP contribution in [0.1, 0.15) is 44.0 Å². The van der Waals surface area contributed by atoms with Gasteiger partial charge in [-0.2, -0.15) is 0 Å². The van der Waals surface area contributed by atoms with Gasteiger partial charge in [0, 0.05) is 24.7 Å². The lowest BCUT2D eigenvalue weighted by molar-refractivity contribution is -0.136. The minimum atomic E-state index is -0.551. The molecule has 0 bridgehead atoms. The molecule has 2 rings (SSSR count). The van der Waals surface area contributed by atoms with Gasteiger partial charge in [-0.05, 0) is 36.8 Å². The van der Waals surface area contributed by atoms with E-state index < -0.39 is 6.04 Å². The molecule has 6 nitrogen and oxygen atoms in total. The van der Waals surface area contributed by atoms with E-state index in [2.05, 4.69) is 12.2 Å². The fourth-order valence-electron chi connectivity index (χ4n) is 3.26. The monoisotopic (exact) mass is 362 g/mol. The average Bonchev–Trinajstić information content (AvgIpc) is 2.64. The second kappa shape index (κ2) is 8.92. The van der Waals surface area contributed by atoms with Gasteiger partial charge in [-0.1, -0.05) is 20.8 Å². The highest BCUT2D eigenvalue weighted by Gasteiger charge is 2.31. The number of nitrogens with zero attached hydrogens (tertiary/aromatic N) is 1. The van der Waals surface area contributed by atoms with Crippen molar-refractivity contribution in [3.63, 3.8) is 0 Å². The van der Waals surface area contributed by atoms with Crippen molar-refractivity contribution in [3.05, 3.63) is 23.8 Å². The average molecular weight is 362 g/mol. The van der Waals surface area contributed by atoms with Crippen LogP contribution in [0.2, 0.25) is 0 Å². The third-order valence-corrected chi connectivity index (χ3v) is 4.80. The van der Waals surface area contributed by atoms with E-state index in [1.807, 2.05) is 18.7 Å². The summed E-state index contributed by atoms with van der Waals surface area (Å²) < 4.78 is 10.4. The van der Waals surface area contributed by atoms with Crippen LogP contribution in [0.25, 0.3) is 0 Å². The summed E-state index contributed by atoms with van der Waals surface area (Å²) in [6, 6.07) is 4.44. The maximum absolute atomic E-state index is 13.0. The highest BCUT2D eigenvalue weighted by atomic mass is 16.5. The van der Waals surface area contributed by atoms with Gasteiger partial charge in [0.1, 0.15) is 17.5 Å². The van der Waals surface area contributed by atoms with Crippen molar-refractivity contribution in [2.75, 3.05) is 27.3 Å². The Morgan fingerprint density at radius 1 is 1.15 bits per heavy atom. The van der Waals surface area contributed by atoms with Crippen LogP contribution in [-0.4, -0.2) is 50.1 Å². The molecule has 0 aliphatic carbocycles. The van der Waals surface area contributed by atoms with Gasteiger partial charge in [-0.3, -0.25) is 9.59 Å². The van der Waals surface area contributed by atoms with Crippen LogP contribution in [0.15, 0.2) is 18.2 Å². The lowest BCUT2D eigenvalue weighted by Gasteiger charge is -2.35. The number of carbonyl (C=O) groups is 2. The fraction of sp³-hybridized carbons (Fsp3) is 0.600. The molecule has 1 N–H and O–H groups in total. The van der Waals surface area contributed by atoms with E-state index in [1.54, 1.807) is 18.2 Å². The molecule has 1 heterocycles. The molecule has 1 fully saturated rings. The van der Waals surface area contributed by atoms with E-state index in [4.69, 9.17) is 9.47 Å². The number of hydrogen-bond acceptors (Lipinski definition) is 4. The second-order valence-corrected chi connectivity index (χ2v) is 7.33. The Hall–Kier alpha value is -2.24. The van der Waals surface area contributed by atoms with Gasteiger partial charge >= 0.3 is 0 Å². The summed E-state index contributed by atoms with van der Waals surface area (Å²) in [5, 5.41) is 2.91. The van der Waals surface area contributed by atoms with E-state index in [1.165, 1.54) is 14.2 Å². The molecule has 2 atom stereocenters.